The topological polar surface area (TPSA) is 33.4 Å². The van der Waals surface area contributed by atoms with Crippen molar-refractivity contribution < 1.29 is 18.3 Å². The number of aliphatic hydroxyl groups is 1. The van der Waals surface area contributed by atoms with E-state index in [-0.39, 0.29) is 10.2 Å². The van der Waals surface area contributed by atoms with Crippen molar-refractivity contribution in [2.24, 2.45) is 0 Å². The predicted octanol–water partition coefficient (Wildman–Crippen LogP) is 4.86. The molecule has 2 nitrogen and oxygen atoms in total. The molecule has 1 unspecified atom stereocenters. The lowest BCUT2D eigenvalue weighted by molar-refractivity contribution is 0.182. The summed E-state index contributed by atoms with van der Waals surface area (Å²) >= 11 is 3.01. The van der Waals surface area contributed by atoms with Gasteiger partial charge in [0.2, 0.25) is 0 Å². The van der Waals surface area contributed by atoms with E-state index in [0.717, 1.165) is 23.1 Å². The first-order chi connectivity index (χ1) is 9.97. The number of para-hydroxylation sites is 1. The fourth-order valence-corrected chi connectivity index (χ4v) is 2.72. The molecule has 1 heterocycles. The molecular formula is C16H11BrF2O2. The van der Waals surface area contributed by atoms with Crippen LogP contribution < -0.4 is 0 Å². The Morgan fingerprint density at radius 1 is 1.14 bits per heavy atom. The Kier molecular flexibility index (Phi) is 3.55. The average Bonchev–Trinajstić information content (AvgIpc) is 2.82. The summed E-state index contributed by atoms with van der Waals surface area (Å²) in [5, 5.41) is 11.0. The Bertz CT molecular complexity index is 803. The minimum Gasteiger partial charge on any atom is -0.458 e. The van der Waals surface area contributed by atoms with E-state index in [1.54, 1.807) is 6.07 Å². The number of hydrogen-bond donors (Lipinski definition) is 1. The molecule has 0 amide bonds. The largest absolute Gasteiger partial charge is 0.458 e. The van der Waals surface area contributed by atoms with Gasteiger partial charge >= 0.3 is 0 Å². The molecule has 21 heavy (non-hydrogen) atoms. The lowest BCUT2D eigenvalue weighted by Gasteiger charge is -2.11. The average molecular weight is 353 g/mol. The normalized spacial score (nSPS) is 12.8. The number of benzene rings is 2. The van der Waals surface area contributed by atoms with E-state index in [0.29, 0.717) is 5.58 Å². The third-order valence-corrected chi connectivity index (χ3v) is 3.80. The molecule has 0 saturated heterocycles. The third-order valence-electron chi connectivity index (χ3n) is 3.35. The molecule has 0 bridgehead atoms. The first-order valence-electron chi connectivity index (χ1n) is 6.29. The van der Waals surface area contributed by atoms with E-state index in [1.165, 1.54) is 0 Å². The summed E-state index contributed by atoms with van der Waals surface area (Å²) in [5.74, 6) is -1.54. The van der Waals surface area contributed by atoms with Crippen molar-refractivity contribution in [1.82, 2.24) is 0 Å². The molecule has 0 saturated carbocycles. The molecule has 1 N–H and O–H groups in total. The minimum absolute atomic E-state index is 0.111. The predicted molar refractivity (Wildman–Crippen MR) is 79.1 cm³/mol. The van der Waals surface area contributed by atoms with Crippen molar-refractivity contribution in [3.63, 3.8) is 0 Å². The van der Waals surface area contributed by atoms with Crippen LogP contribution in [0.1, 0.15) is 23.0 Å². The molecule has 1 atom stereocenters. The van der Waals surface area contributed by atoms with Crippen molar-refractivity contribution >= 4 is 26.9 Å². The summed E-state index contributed by atoms with van der Waals surface area (Å²) < 4.78 is 33.7. The monoisotopic (exact) mass is 352 g/mol. The molecule has 0 fully saturated rings. The van der Waals surface area contributed by atoms with Crippen molar-refractivity contribution in [3.05, 3.63) is 69.4 Å². The van der Waals surface area contributed by atoms with Gasteiger partial charge in [-0.1, -0.05) is 34.1 Å². The first kappa shape index (κ1) is 14.2. The van der Waals surface area contributed by atoms with Gasteiger partial charge in [0.05, 0.1) is 5.56 Å². The van der Waals surface area contributed by atoms with Crippen molar-refractivity contribution in [2.75, 3.05) is 0 Å². The van der Waals surface area contributed by atoms with Gasteiger partial charge in [0.1, 0.15) is 29.1 Å². The highest BCUT2D eigenvalue weighted by Gasteiger charge is 2.24. The fraction of sp³-hybridized carbons (Fsp3) is 0.125. The van der Waals surface area contributed by atoms with E-state index >= 15 is 0 Å². The molecule has 0 aliphatic heterocycles. The molecule has 0 aliphatic carbocycles. The standard InChI is InChI=1S/C16H11BrF2O2/c1-8-3-2-4-9-5-13(21-16(8)9)15(20)14-11(18)6-10(17)7-12(14)19/h2-7,15,20H,1H3. The zero-order valence-electron chi connectivity index (χ0n) is 11.0. The number of furan rings is 1. The maximum absolute atomic E-state index is 13.9. The number of aryl methyl sites for hydroxylation is 1. The number of fused-ring (bicyclic) bond motifs is 1. The summed E-state index contributed by atoms with van der Waals surface area (Å²) in [6.07, 6.45) is -1.50. The molecule has 3 aromatic rings. The first-order valence-corrected chi connectivity index (χ1v) is 7.08. The Labute approximate surface area is 128 Å². The molecule has 0 radical (unpaired) electrons. The van der Waals surface area contributed by atoms with Crippen LogP contribution in [0, 0.1) is 18.6 Å². The van der Waals surface area contributed by atoms with Gasteiger partial charge < -0.3 is 9.52 Å². The van der Waals surface area contributed by atoms with Gasteiger partial charge in [0, 0.05) is 9.86 Å². The minimum atomic E-state index is -1.50. The summed E-state index contributed by atoms with van der Waals surface area (Å²) in [6.45, 7) is 1.86. The quantitative estimate of drug-likeness (QED) is 0.714. The van der Waals surface area contributed by atoms with Crippen LogP contribution in [0.3, 0.4) is 0 Å². The van der Waals surface area contributed by atoms with E-state index in [1.807, 2.05) is 25.1 Å². The zero-order chi connectivity index (χ0) is 15.1. The molecule has 5 heteroatoms. The van der Waals surface area contributed by atoms with Gasteiger partial charge in [0.15, 0.2) is 0 Å². The van der Waals surface area contributed by atoms with Crippen molar-refractivity contribution in [1.29, 1.82) is 0 Å². The maximum atomic E-state index is 13.9. The molecule has 108 valence electrons. The van der Waals surface area contributed by atoms with Gasteiger partial charge in [-0.05, 0) is 30.7 Å². The molecule has 1 aromatic heterocycles. The second-order valence-electron chi connectivity index (χ2n) is 4.83. The van der Waals surface area contributed by atoms with Crippen LogP contribution in [0.2, 0.25) is 0 Å². The Morgan fingerprint density at radius 3 is 2.43 bits per heavy atom. The van der Waals surface area contributed by atoms with Crippen molar-refractivity contribution in [2.45, 2.75) is 13.0 Å². The fourth-order valence-electron chi connectivity index (χ4n) is 2.32. The number of halogens is 3. The highest BCUT2D eigenvalue weighted by molar-refractivity contribution is 9.10. The van der Waals surface area contributed by atoms with Crippen LogP contribution in [0.25, 0.3) is 11.0 Å². The van der Waals surface area contributed by atoms with Gasteiger partial charge in [-0.15, -0.1) is 0 Å². The van der Waals surface area contributed by atoms with Crippen molar-refractivity contribution in [3.8, 4) is 0 Å². The molecule has 2 aromatic carbocycles. The van der Waals surface area contributed by atoms with Gasteiger partial charge in [0.25, 0.3) is 0 Å². The summed E-state index contributed by atoms with van der Waals surface area (Å²) in [6, 6.07) is 9.34. The molecule has 0 aliphatic rings. The van der Waals surface area contributed by atoms with E-state index in [2.05, 4.69) is 15.9 Å². The Balaban J connectivity index is 2.12. The van der Waals surface area contributed by atoms with Gasteiger partial charge in [-0.25, -0.2) is 8.78 Å². The molecule has 3 rings (SSSR count). The van der Waals surface area contributed by atoms with Crippen LogP contribution in [-0.2, 0) is 0 Å². The lowest BCUT2D eigenvalue weighted by Crippen LogP contribution is -2.05. The van der Waals surface area contributed by atoms with Crippen LogP contribution in [0.5, 0.6) is 0 Å². The highest BCUT2D eigenvalue weighted by atomic mass is 79.9. The van der Waals surface area contributed by atoms with Crippen LogP contribution in [0.4, 0.5) is 8.78 Å². The third kappa shape index (κ3) is 2.47. The van der Waals surface area contributed by atoms with Gasteiger partial charge in [-0.3, -0.25) is 0 Å². The number of hydrogen-bond acceptors (Lipinski definition) is 2. The summed E-state index contributed by atoms with van der Waals surface area (Å²) in [7, 11) is 0. The van der Waals surface area contributed by atoms with Crippen LogP contribution in [-0.4, -0.2) is 5.11 Å². The van der Waals surface area contributed by atoms with Crippen LogP contribution in [0.15, 0.2) is 45.3 Å². The van der Waals surface area contributed by atoms with E-state index in [9.17, 15) is 13.9 Å². The zero-order valence-corrected chi connectivity index (χ0v) is 12.6. The second-order valence-corrected chi connectivity index (χ2v) is 5.74. The van der Waals surface area contributed by atoms with E-state index in [4.69, 9.17) is 4.42 Å². The summed E-state index contributed by atoms with van der Waals surface area (Å²) in [4.78, 5) is 0. The van der Waals surface area contributed by atoms with E-state index < -0.39 is 23.3 Å². The highest BCUT2D eigenvalue weighted by Crippen LogP contribution is 2.33. The SMILES string of the molecule is Cc1cccc2cc(C(O)c3c(F)cc(Br)cc3F)oc12. The number of rotatable bonds is 2. The maximum Gasteiger partial charge on any atom is 0.142 e. The smallest absolute Gasteiger partial charge is 0.142 e. The van der Waals surface area contributed by atoms with Crippen LogP contribution >= 0.6 is 15.9 Å². The molecule has 0 spiro atoms. The number of aliphatic hydroxyl groups excluding tert-OH is 1. The Morgan fingerprint density at radius 2 is 1.81 bits per heavy atom. The summed E-state index contributed by atoms with van der Waals surface area (Å²) in [5.41, 5.74) is 1.07. The Hall–Kier alpha value is -1.72. The lowest BCUT2D eigenvalue weighted by atomic mass is 10.1. The second kappa shape index (κ2) is 5.24. The van der Waals surface area contributed by atoms with Gasteiger partial charge in [-0.2, -0.15) is 0 Å². The molecular weight excluding hydrogens is 342 g/mol.